The fraction of sp³-hybridized carbons (Fsp3) is 1.00. The van der Waals surface area contributed by atoms with E-state index in [1.807, 2.05) is 0 Å². The van der Waals surface area contributed by atoms with Crippen LogP contribution in [0.3, 0.4) is 0 Å². The molecule has 2 saturated carbocycles. The molecule has 0 aromatic carbocycles. The van der Waals surface area contributed by atoms with Crippen LogP contribution in [0, 0.1) is 16.7 Å². The number of hydrogen-bond donors (Lipinski definition) is 1. The molecule has 1 nitrogen and oxygen atoms in total. The Morgan fingerprint density at radius 3 is 2.18 bits per heavy atom. The second kappa shape index (κ2) is 1.82. The summed E-state index contributed by atoms with van der Waals surface area (Å²) in [6, 6.07) is 0. The van der Waals surface area contributed by atoms with Crippen molar-refractivity contribution in [2.75, 3.05) is 0 Å². The van der Waals surface area contributed by atoms with E-state index in [0.29, 0.717) is 0 Å². The molecule has 0 aromatic rings. The van der Waals surface area contributed by atoms with Gasteiger partial charge in [0, 0.05) is 0 Å². The van der Waals surface area contributed by atoms with E-state index < -0.39 is 0 Å². The number of rotatable bonds is 0. The van der Waals surface area contributed by atoms with Gasteiger partial charge in [-0.05, 0) is 36.0 Å². The first-order chi connectivity index (χ1) is 4.97. The molecule has 0 amide bonds. The Labute approximate surface area is 68.8 Å². The number of aliphatic hydroxyl groups excluding tert-OH is 1. The highest BCUT2D eigenvalue weighted by Crippen LogP contribution is 2.62. The van der Waals surface area contributed by atoms with Gasteiger partial charge < -0.3 is 5.11 Å². The highest BCUT2D eigenvalue weighted by Gasteiger charge is 2.58. The maximum atomic E-state index is 10.0. The molecule has 0 spiro atoms. The van der Waals surface area contributed by atoms with Crippen LogP contribution < -0.4 is 0 Å². The zero-order valence-corrected chi connectivity index (χ0v) is 7.72. The van der Waals surface area contributed by atoms with Gasteiger partial charge in [0.25, 0.3) is 0 Å². The van der Waals surface area contributed by atoms with E-state index in [-0.39, 0.29) is 16.9 Å². The lowest BCUT2D eigenvalue weighted by molar-refractivity contribution is -0.0340. The molecule has 1 unspecified atom stereocenters. The summed E-state index contributed by atoms with van der Waals surface area (Å²) < 4.78 is 0. The second-order valence-corrected chi connectivity index (χ2v) is 5.32. The van der Waals surface area contributed by atoms with Gasteiger partial charge in [0.1, 0.15) is 0 Å². The maximum absolute atomic E-state index is 10.0. The highest BCUT2D eigenvalue weighted by molar-refractivity contribution is 5.08. The molecule has 64 valence electrons. The Hall–Kier alpha value is -0.0400. The van der Waals surface area contributed by atoms with Crippen LogP contribution in [-0.4, -0.2) is 11.2 Å². The quantitative estimate of drug-likeness (QED) is 0.567. The van der Waals surface area contributed by atoms with Gasteiger partial charge in [-0.3, -0.25) is 0 Å². The molecule has 0 aliphatic heterocycles. The molecule has 2 aliphatic rings. The predicted octanol–water partition coefficient (Wildman–Crippen LogP) is 2.19. The SMILES string of the molecule is CC12CC[C@H](C1)C(C)(C)[C@@H]2O. The highest BCUT2D eigenvalue weighted by atomic mass is 16.3. The summed E-state index contributed by atoms with van der Waals surface area (Å²) in [6.45, 7) is 6.67. The summed E-state index contributed by atoms with van der Waals surface area (Å²) in [6.07, 6.45) is 3.76. The van der Waals surface area contributed by atoms with Crippen LogP contribution in [0.15, 0.2) is 0 Å². The fourth-order valence-electron chi connectivity index (χ4n) is 3.28. The van der Waals surface area contributed by atoms with Crippen molar-refractivity contribution in [3.8, 4) is 0 Å². The van der Waals surface area contributed by atoms with Crippen LogP contribution >= 0.6 is 0 Å². The summed E-state index contributed by atoms with van der Waals surface area (Å²) in [5.74, 6) is 0.780. The van der Waals surface area contributed by atoms with Crippen molar-refractivity contribution in [3.05, 3.63) is 0 Å². The Morgan fingerprint density at radius 1 is 1.27 bits per heavy atom. The molecule has 1 heteroatoms. The Morgan fingerprint density at radius 2 is 1.91 bits per heavy atom. The fourth-order valence-corrected chi connectivity index (χ4v) is 3.28. The minimum atomic E-state index is -0.0613. The van der Waals surface area contributed by atoms with Crippen molar-refractivity contribution in [2.45, 2.75) is 46.1 Å². The monoisotopic (exact) mass is 154 g/mol. The third-order valence-electron chi connectivity index (χ3n) is 4.19. The largest absolute Gasteiger partial charge is 0.392 e. The first kappa shape index (κ1) is 7.60. The van der Waals surface area contributed by atoms with Crippen LogP contribution in [0.25, 0.3) is 0 Å². The van der Waals surface area contributed by atoms with Gasteiger partial charge in [0.15, 0.2) is 0 Å². The number of aliphatic hydroxyl groups is 1. The lowest BCUT2D eigenvalue weighted by atomic mass is 9.70. The van der Waals surface area contributed by atoms with E-state index in [9.17, 15) is 5.11 Å². The van der Waals surface area contributed by atoms with Gasteiger partial charge in [-0.2, -0.15) is 0 Å². The molecule has 0 radical (unpaired) electrons. The summed E-state index contributed by atoms with van der Waals surface area (Å²) in [5.41, 5.74) is 0.446. The Bertz CT molecular complexity index is 181. The topological polar surface area (TPSA) is 20.2 Å². The molecule has 0 aromatic heterocycles. The summed E-state index contributed by atoms with van der Waals surface area (Å²) in [7, 11) is 0. The van der Waals surface area contributed by atoms with E-state index >= 15 is 0 Å². The van der Waals surface area contributed by atoms with Crippen molar-refractivity contribution >= 4 is 0 Å². The number of fused-ring (bicyclic) bond motifs is 2. The molecule has 11 heavy (non-hydrogen) atoms. The lowest BCUT2D eigenvalue weighted by Crippen LogP contribution is -2.39. The van der Waals surface area contributed by atoms with E-state index in [0.717, 1.165) is 5.92 Å². The average molecular weight is 154 g/mol. The van der Waals surface area contributed by atoms with Crippen LogP contribution in [0.5, 0.6) is 0 Å². The average Bonchev–Trinajstić information content (AvgIpc) is 2.36. The summed E-state index contributed by atoms with van der Waals surface area (Å²) in [4.78, 5) is 0. The predicted molar refractivity (Wildman–Crippen MR) is 45.2 cm³/mol. The minimum absolute atomic E-state index is 0.0613. The Kier molecular flexibility index (Phi) is 1.26. The molecule has 2 bridgehead atoms. The van der Waals surface area contributed by atoms with E-state index in [2.05, 4.69) is 20.8 Å². The standard InChI is InChI=1S/C10H18O/c1-9(2)7-4-5-10(3,6-7)8(9)11/h7-8,11H,4-6H2,1-3H3/t7-,8+,10?/m1/s1. The van der Waals surface area contributed by atoms with Gasteiger partial charge in [0.2, 0.25) is 0 Å². The van der Waals surface area contributed by atoms with Gasteiger partial charge in [-0.15, -0.1) is 0 Å². The molecular weight excluding hydrogens is 136 g/mol. The van der Waals surface area contributed by atoms with Crippen LogP contribution in [0.1, 0.15) is 40.0 Å². The van der Waals surface area contributed by atoms with E-state index in [1.54, 1.807) is 0 Å². The van der Waals surface area contributed by atoms with Gasteiger partial charge in [0.05, 0.1) is 6.10 Å². The smallest absolute Gasteiger partial charge is 0.0647 e. The Balaban J connectivity index is 2.34. The molecule has 0 saturated heterocycles. The normalized spacial score (nSPS) is 53.5. The minimum Gasteiger partial charge on any atom is -0.392 e. The van der Waals surface area contributed by atoms with Crippen molar-refractivity contribution in [3.63, 3.8) is 0 Å². The molecule has 0 heterocycles. The van der Waals surface area contributed by atoms with E-state index in [4.69, 9.17) is 0 Å². The summed E-state index contributed by atoms with van der Waals surface area (Å²) >= 11 is 0. The molecule has 2 rings (SSSR count). The summed E-state index contributed by atoms with van der Waals surface area (Å²) in [5, 5.41) is 10.0. The van der Waals surface area contributed by atoms with Gasteiger partial charge >= 0.3 is 0 Å². The molecular formula is C10H18O. The third-order valence-corrected chi connectivity index (χ3v) is 4.19. The van der Waals surface area contributed by atoms with Crippen LogP contribution in [-0.2, 0) is 0 Å². The zero-order chi connectivity index (χ0) is 8.28. The molecule has 1 N–H and O–H groups in total. The second-order valence-electron chi connectivity index (χ2n) is 5.32. The molecule has 3 atom stereocenters. The van der Waals surface area contributed by atoms with Gasteiger partial charge in [-0.25, -0.2) is 0 Å². The van der Waals surface area contributed by atoms with Crippen molar-refractivity contribution in [1.29, 1.82) is 0 Å². The number of hydrogen-bond acceptors (Lipinski definition) is 1. The van der Waals surface area contributed by atoms with Crippen LogP contribution in [0.4, 0.5) is 0 Å². The van der Waals surface area contributed by atoms with Gasteiger partial charge in [-0.1, -0.05) is 20.8 Å². The van der Waals surface area contributed by atoms with Crippen molar-refractivity contribution in [2.24, 2.45) is 16.7 Å². The van der Waals surface area contributed by atoms with Crippen molar-refractivity contribution in [1.82, 2.24) is 0 Å². The first-order valence-electron chi connectivity index (χ1n) is 4.65. The third kappa shape index (κ3) is 0.752. The first-order valence-corrected chi connectivity index (χ1v) is 4.65. The zero-order valence-electron chi connectivity index (χ0n) is 7.72. The van der Waals surface area contributed by atoms with E-state index in [1.165, 1.54) is 19.3 Å². The van der Waals surface area contributed by atoms with Crippen LogP contribution in [0.2, 0.25) is 0 Å². The molecule has 2 aliphatic carbocycles. The maximum Gasteiger partial charge on any atom is 0.0647 e. The lowest BCUT2D eigenvalue weighted by Gasteiger charge is -2.38. The van der Waals surface area contributed by atoms with Crippen molar-refractivity contribution < 1.29 is 5.11 Å². The molecule has 2 fully saturated rings.